The van der Waals surface area contributed by atoms with E-state index in [2.05, 4.69) is 29.2 Å². The second kappa shape index (κ2) is 7.28. The van der Waals surface area contributed by atoms with Crippen molar-refractivity contribution in [2.45, 2.75) is 64.0 Å². The number of rotatable bonds is 5. The molecular weight excluding hydrogens is 298 g/mol. The molecule has 24 heavy (non-hydrogen) atoms. The molecule has 0 amide bonds. The van der Waals surface area contributed by atoms with Gasteiger partial charge in [-0.3, -0.25) is 4.90 Å². The molecule has 4 rings (SSSR count). The Morgan fingerprint density at radius 3 is 2.75 bits per heavy atom. The van der Waals surface area contributed by atoms with E-state index < -0.39 is 0 Å². The first-order chi connectivity index (χ1) is 11.8. The summed E-state index contributed by atoms with van der Waals surface area (Å²) < 4.78 is 6.05. The van der Waals surface area contributed by atoms with Crippen LogP contribution < -0.4 is 0 Å². The summed E-state index contributed by atoms with van der Waals surface area (Å²) >= 11 is 0. The fourth-order valence-electron chi connectivity index (χ4n) is 4.41. The Kier molecular flexibility index (Phi) is 4.91. The van der Waals surface area contributed by atoms with Gasteiger partial charge in [-0.05, 0) is 42.5 Å². The highest BCUT2D eigenvalue weighted by Crippen LogP contribution is 2.29. The standard InChI is InChI=1S/C21H29NO2/c23-19-10-11-22(15-19)14-17-7-9-21-18(12-17)13-20(24-21)8-6-16-4-2-1-3-5-16/h7,9,12-13,16,19,23H,1-6,8,10-11,14-15H2/t19-/m0/s1. The molecule has 3 heteroatoms. The van der Waals surface area contributed by atoms with Gasteiger partial charge in [0.05, 0.1) is 6.10 Å². The van der Waals surface area contributed by atoms with Crippen molar-refractivity contribution in [1.82, 2.24) is 4.90 Å². The van der Waals surface area contributed by atoms with Crippen LogP contribution in [-0.4, -0.2) is 29.2 Å². The van der Waals surface area contributed by atoms with E-state index in [9.17, 15) is 5.11 Å². The average Bonchev–Trinajstić information content (AvgIpc) is 3.19. The Labute approximate surface area is 144 Å². The predicted octanol–water partition coefficient (Wildman–Crippen LogP) is 4.51. The van der Waals surface area contributed by atoms with Crippen LogP contribution in [0, 0.1) is 5.92 Å². The lowest BCUT2D eigenvalue weighted by molar-refractivity contribution is 0.175. The SMILES string of the molecule is O[C@H]1CCN(Cc2ccc3oc(CCC4CCCCC4)cc3c2)C1. The molecule has 1 N–H and O–H groups in total. The van der Waals surface area contributed by atoms with E-state index >= 15 is 0 Å². The van der Waals surface area contributed by atoms with Crippen molar-refractivity contribution in [1.29, 1.82) is 0 Å². The van der Waals surface area contributed by atoms with E-state index in [-0.39, 0.29) is 6.10 Å². The van der Waals surface area contributed by atoms with Crippen LogP contribution >= 0.6 is 0 Å². The second-order valence-electron chi connectivity index (χ2n) is 7.81. The Hall–Kier alpha value is -1.32. The van der Waals surface area contributed by atoms with Crippen LogP contribution in [0.5, 0.6) is 0 Å². The molecule has 1 atom stereocenters. The number of benzene rings is 1. The van der Waals surface area contributed by atoms with Crippen LogP contribution in [0.15, 0.2) is 28.7 Å². The van der Waals surface area contributed by atoms with Crippen LogP contribution in [0.1, 0.15) is 56.3 Å². The number of aliphatic hydroxyl groups is 1. The first kappa shape index (κ1) is 16.2. The van der Waals surface area contributed by atoms with Crippen molar-refractivity contribution in [3.8, 4) is 0 Å². The number of fused-ring (bicyclic) bond motifs is 1. The minimum Gasteiger partial charge on any atom is -0.461 e. The lowest BCUT2D eigenvalue weighted by Crippen LogP contribution is -2.21. The smallest absolute Gasteiger partial charge is 0.134 e. The Morgan fingerprint density at radius 1 is 1.08 bits per heavy atom. The van der Waals surface area contributed by atoms with Gasteiger partial charge in [0.2, 0.25) is 0 Å². The number of hydrogen-bond acceptors (Lipinski definition) is 3. The summed E-state index contributed by atoms with van der Waals surface area (Å²) in [6, 6.07) is 8.77. The topological polar surface area (TPSA) is 36.6 Å². The zero-order valence-corrected chi connectivity index (χ0v) is 14.5. The highest BCUT2D eigenvalue weighted by atomic mass is 16.3. The summed E-state index contributed by atoms with van der Waals surface area (Å²) in [6.07, 6.45) is 10.2. The van der Waals surface area contributed by atoms with Gasteiger partial charge in [-0.25, -0.2) is 0 Å². The van der Waals surface area contributed by atoms with Crippen molar-refractivity contribution < 1.29 is 9.52 Å². The zero-order valence-electron chi connectivity index (χ0n) is 14.5. The van der Waals surface area contributed by atoms with Crippen molar-refractivity contribution >= 4 is 11.0 Å². The summed E-state index contributed by atoms with van der Waals surface area (Å²) in [5.74, 6) is 2.05. The Balaban J connectivity index is 1.39. The number of likely N-dealkylation sites (tertiary alicyclic amines) is 1. The monoisotopic (exact) mass is 327 g/mol. The van der Waals surface area contributed by atoms with Crippen LogP contribution in [0.3, 0.4) is 0 Å². The zero-order chi connectivity index (χ0) is 16.4. The van der Waals surface area contributed by atoms with Crippen molar-refractivity contribution in [3.63, 3.8) is 0 Å². The van der Waals surface area contributed by atoms with Crippen LogP contribution in [0.4, 0.5) is 0 Å². The third kappa shape index (κ3) is 3.84. The molecule has 0 radical (unpaired) electrons. The minimum absolute atomic E-state index is 0.144. The molecule has 3 nitrogen and oxygen atoms in total. The van der Waals surface area contributed by atoms with Gasteiger partial charge in [0.1, 0.15) is 11.3 Å². The first-order valence-electron chi connectivity index (χ1n) is 9.68. The molecule has 2 aliphatic rings. The number of β-amino-alcohol motifs (C(OH)–C–C–N with tert-alkyl or cyclic N) is 1. The van der Waals surface area contributed by atoms with Gasteiger partial charge in [-0.15, -0.1) is 0 Å². The molecule has 130 valence electrons. The summed E-state index contributed by atoms with van der Waals surface area (Å²) in [7, 11) is 0. The Bertz CT molecular complexity index is 672. The van der Waals surface area contributed by atoms with E-state index in [1.807, 2.05) is 0 Å². The maximum Gasteiger partial charge on any atom is 0.134 e. The lowest BCUT2D eigenvalue weighted by Gasteiger charge is -2.20. The lowest BCUT2D eigenvalue weighted by atomic mass is 9.86. The van der Waals surface area contributed by atoms with Gasteiger partial charge in [0.15, 0.2) is 0 Å². The Morgan fingerprint density at radius 2 is 1.96 bits per heavy atom. The van der Waals surface area contributed by atoms with E-state index in [1.54, 1.807) is 0 Å². The third-order valence-corrected chi connectivity index (χ3v) is 5.81. The molecule has 0 unspecified atom stereocenters. The number of hydrogen-bond donors (Lipinski definition) is 1. The highest BCUT2D eigenvalue weighted by Gasteiger charge is 2.20. The van der Waals surface area contributed by atoms with Gasteiger partial charge < -0.3 is 9.52 Å². The van der Waals surface area contributed by atoms with E-state index in [0.717, 1.165) is 49.7 Å². The fourth-order valence-corrected chi connectivity index (χ4v) is 4.41. The minimum atomic E-state index is -0.144. The van der Waals surface area contributed by atoms with Gasteiger partial charge in [-0.1, -0.05) is 38.2 Å². The second-order valence-corrected chi connectivity index (χ2v) is 7.81. The molecule has 0 bridgehead atoms. The van der Waals surface area contributed by atoms with Crippen LogP contribution in [0.2, 0.25) is 0 Å². The van der Waals surface area contributed by atoms with Crippen LogP contribution in [-0.2, 0) is 13.0 Å². The maximum atomic E-state index is 9.66. The molecule has 1 saturated heterocycles. The van der Waals surface area contributed by atoms with Crippen molar-refractivity contribution in [2.75, 3.05) is 13.1 Å². The quantitative estimate of drug-likeness (QED) is 0.877. The largest absolute Gasteiger partial charge is 0.461 e. The van der Waals surface area contributed by atoms with Crippen LogP contribution in [0.25, 0.3) is 11.0 Å². The van der Waals surface area contributed by atoms with Crippen molar-refractivity contribution in [3.05, 3.63) is 35.6 Å². The molecule has 2 fully saturated rings. The van der Waals surface area contributed by atoms with Crippen molar-refractivity contribution in [2.24, 2.45) is 5.92 Å². The third-order valence-electron chi connectivity index (χ3n) is 5.81. The van der Waals surface area contributed by atoms with Gasteiger partial charge in [0.25, 0.3) is 0 Å². The van der Waals surface area contributed by atoms with E-state index in [4.69, 9.17) is 4.42 Å². The molecular formula is C21H29NO2. The molecule has 1 aliphatic carbocycles. The number of aliphatic hydroxyl groups excluding tert-OH is 1. The van der Waals surface area contributed by atoms with Gasteiger partial charge in [0, 0.05) is 31.4 Å². The fraction of sp³-hybridized carbons (Fsp3) is 0.619. The molecule has 2 heterocycles. The summed E-state index contributed by atoms with van der Waals surface area (Å²) in [4.78, 5) is 2.33. The summed E-state index contributed by atoms with van der Waals surface area (Å²) in [5, 5.41) is 10.9. The normalized spacial score (nSPS) is 23.3. The van der Waals surface area contributed by atoms with Gasteiger partial charge >= 0.3 is 0 Å². The number of nitrogens with zero attached hydrogens (tertiary/aromatic N) is 1. The molecule has 2 aromatic rings. The predicted molar refractivity (Wildman–Crippen MR) is 97.0 cm³/mol. The number of furan rings is 1. The average molecular weight is 327 g/mol. The maximum absolute atomic E-state index is 9.66. The molecule has 1 aromatic heterocycles. The van der Waals surface area contributed by atoms with E-state index in [0.29, 0.717) is 0 Å². The summed E-state index contributed by atoms with van der Waals surface area (Å²) in [5.41, 5.74) is 2.33. The first-order valence-corrected chi connectivity index (χ1v) is 9.68. The molecule has 1 aliphatic heterocycles. The highest BCUT2D eigenvalue weighted by molar-refractivity contribution is 5.78. The number of aryl methyl sites for hydroxylation is 1. The molecule has 1 aromatic carbocycles. The summed E-state index contributed by atoms with van der Waals surface area (Å²) in [6.45, 7) is 2.73. The van der Waals surface area contributed by atoms with Gasteiger partial charge in [-0.2, -0.15) is 0 Å². The van der Waals surface area contributed by atoms with E-state index in [1.165, 1.54) is 49.5 Å². The molecule has 1 saturated carbocycles. The molecule has 0 spiro atoms.